The molecule has 1 aliphatic heterocycles. The molecule has 1 amide bonds. The van der Waals surface area contributed by atoms with Crippen molar-refractivity contribution in [2.24, 2.45) is 11.8 Å². The van der Waals surface area contributed by atoms with Gasteiger partial charge in [0.05, 0.1) is 6.10 Å². The third-order valence-electron chi connectivity index (χ3n) is 6.36. The Morgan fingerprint density at radius 2 is 1.90 bits per heavy atom. The predicted molar refractivity (Wildman–Crippen MR) is 109 cm³/mol. The number of fused-ring (bicyclic) bond motifs is 2. The Kier molecular flexibility index (Phi) is 5.61. The first-order chi connectivity index (χ1) is 13.9. The number of amides is 1. The minimum Gasteiger partial charge on any atom is -0.484 e. The van der Waals surface area contributed by atoms with E-state index in [4.69, 9.17) is 13.9 Å². The van der Waals surface area contributed by atoms with Crippen molar-refractivity contribution >= 4 is 16.9 Å². The topological polar surface area (TPSA) is 72.2 Å². The molecule has 1 saturated carbocycles. The van der Waals surface area contributed by atoms with E-state index in [2.05, 4.69) is 19.0 Å². The average molecular weight is 400 g/mol. The molecule has 0 unspecified atom stereocenters. The summed E-state index contributed by atoms with van der Waals surface area (Å²) >= 11 is 0. The Balaban J connectivity index is 1.37. The normalized spacial score (nSPS) is 26.7. The highest BCUT2D eigenvalue weighted by Gasteiger charge is 2.44. The number of nitrogens with zero attached hydrogens (tertiary/aromatic N) is 2. The monoisotopic (exact) mass is 400 g/mol. The number of rotatable bonds is 5. The van der Waals surface area contributed by atoms with Gasteiger partial charge in [0.15, 0.2) is 6.61 Å². The highest BCUT2D eigenvalue weighted by Crippen LogP contribution is 2.38. The van der Waals surface area contributed by atoms with Crippen molar-refractivity contribution in [1.29, 1.82) is 0 Å². The molecule has 4 atom stereocenters. The maximum atomic E-state index is 12.7. The van der Waals surface area contributed by atoms with Crippen LogP contribution in [0.3, 0.4) is 0 Å². The van der Waals surface area contributed by atoms with Crippen LogP contribution in [0.1, 0.15) is 12.8 Å². The van der Waals surface area contributed by atoms with E-state index in [0.717, 1.165) is 31.3 Å². The number of likely N-dealkylation sites (tertiary alicyclic amines) is 1. The van der Waals surface area contributed by atoms with E-state index in [-0.39, 0.29) is 18.6 Å². The lowest BCUT2D eigenvalue weighted by molar-refractivity contribution is -0.132. The number of hydrogen-bond donors (Lipinski definition) is 0. The average Bonchev–Trinajstić information content (AvgIpc) is 3.13. The fourth-order valence-corrected chi connectivity index (χ4v) is 4.76. The Labute approximate surface area is 170 Å². The lowest BCUT2D eigenvalue weighted by Gasteiger charge is -2.40. The zero-order valence-corrected chi connectivity index (χ0v) is 17.2. The third kappa shape index (κ3) is 4.16. The van der Waals surface area contributed by atoms with Crippen molar-refractivity contribution in [3.8, 4) is 5.75 Å². The molecule has 0 radical (unpaired) electrons. The van der Waals surface area contributed by atoms with Crippen molar-refractivity contribution in [3.05, 3.63) is 40.8 Å². The molecule has 7 heteroatoms. The molecule has 1 aromatic heterocycles. The number of ether oxygens (including phenoxy) is 2. The standard InChI is InChI=1S/C22H28N2O5/c1-23(2)18-8-15-11-24(12-16(15)9-20(18)27-3)21(25)13-28-17-6-4-14-5-7-22(26)29-19(14)10-17/h4-7,10,15-16,18,20H,8-9,11-13H2,1-3H3/t15-,16+,18-,20-/m1/s1. The van der Waals surface area contributed by atoms with Crippen LogP contribution >= 0.6 is 0 Å². The summed E-state index contributed by atoms with van der Waals surface area (Å²) in [6.07, 6.45) is 2.24. The molecule has 156 valence electrons. The van der Waals surface area contributed by atoms with Crippen LogP contribution in [0.4, 0.5) is 0 Å². The molecule has 1 aromatic carbocycles. The molecule has 2 heterocycles. The molecule has 0 bridgehead atoms. The van der Waals surface area contributed by atoms with Gasteiger partial charge in [-0.2, -0.15) is 0 Å². The van der Waals surface area contributed by atoms with Crippen LogP contribution < -0.4 is 10.4 Å². The van der Waals surface area contributed by atoms with Crippen LogP contribution in [0.2, 0.25) is 0 Å². The number of carbonyl (C=O) groups excluding carboxylic acids is 1. The summed E-state index contributed by atoms with van der Waals surface area (Å²) in [7, 11) is 5.96. The van der Waals surface area contributed by atoms with E-state index in [0.29, 0.717) is 29.2 Å². The van der Waals surface area contributed by atoms with Crippen molar-refractivity contribution in [3.63, 3.8) is 0 Å². The SMILES string of the molecule is CO[C@@H]1C[C@H]2CN(C(=O)COc3ccc4ccc(=O)oc4c3)C[C@H]2C[C@H]1N(C)C. The molecule has 1 saturated heterocycles. The van der Waals surface area contributed by atoms with Gasteiger partial charge in [0.2, 0.25) is 0 Å². The van der Waals surface area contributed by atoms with E-state index in [9.17, 15) is 9.59 Å². The van der Waals surface area contributed by atoms with Crippen LogP contribution in [-0.4, -0.2) is 68.8 Å². The highest BCUT2D eigenvalue weighted by atomic mass is 16.5. The number of carbonyl (C=O) groups is 1. The second-order valence-electron chi connectivity index (χ2n) is 8.34. The third-order valence-corrected chi connectivity index (χ3v) is 6.36. The van der Waals surface area contributed by atoms with Gasteiger partial charge in [-0.05, 0) is 57.0 Å². The van der Waals surface area contributed by atoms with Gasteiger partial charge in [-0.1, -0.05) is 0 Å². The molecular formula is C22H28N2O5. The maximum absolute atomic E-state index is 12.7. The largest absolute Gasteiger partial charge is 0.484 e. The van der Waals surface area contributed by atoms with Crippen molar-refractivity contribution in [1.82, 2.24) is 9.80 Å². The van der Waals surface area contributed by atoms with E-state index in [1.165, 1.54) is 6.07 Å². The maximum Gasteiger partial charge on any atom is 0.336 e. The van der Waals surface area contributed by atoms with Gasteiger partial charge < -0.3 is 23.7 Å². The molecule has 4 rings (SSSR count). The summed E-state index contributed by atoms with van der Waals surface area (Å²) in [5, 5.41) is 0.815. The molecule has 7 nitrogen and oxygen atoms in total. The Hall–Kier alpha value is -2.38. The van der Waals surface area contributed by atoms with Crippen LogP contribution in [0, 0.1) is 11.8 Å². The number of benzene rings is 1. The Morgan fingerprint density at radius 1 is 1.17 bits per heavy atom. The van der Waals surface area contributed by atoms with Crippen LogP contribution in [-0.2, 0) is 9.53 Å². The van der Waals surface area contributed by atoms with Crippen LogP contribution in [0.15, 0.2) is 39.5 Å². The zero-order chi connectivity index (χ0) is 20.5. The quantitative estimate of drug-likeness (QED) is 0.715. The summed E-state index contributed by atoms with van der Waals surface area (Å²) in [5.74, 6) is 1.50. The second-order valence-corrected chi connectivity index (χ2v) is 8.34. The summed E-state index contributed by atoms with van der Waals surface area (Å²) in [6, 6.07) is 8.72. The molecule has 29 heavy (non-hydrogen) atoms. The fourth-order valence-electron chi connectivity index (χ4n) is 4.76. The molecule has 2 aromatic rings. The smallest absolute Gasteiger partial charge is 0.336 e. The summed E-state index contributed by atoms with van der Waals surface area (Å²) in [4.78, 5) is 28.3. The summed E-state index contributed by atoms with van der Waals surface area (Å²) < 4.78 is 16.6. The van der Waals surface area contributed by atoms with Crippen molar-refractivity contribution < 1.29 is 18.7 Å². The van der Waals surface area contributed by atoms with Gasteiger partial charge in [0, 0.05) is 43.8 Å². The van der Waals surface area contributed by atoms with Crippen molar-refractivity contribution in [2.45, 2.75) is 25.0 Å². The van der Waals surface area contributed by atoms with Gasteiger partial charge >= 0.3 is 5.63 Å². The van der Waals surface area contributed by atoms with E-state index < -0.39 is 5.63 Å². The summed E-state index contributed by atoms with van der Waals surface area (Å²) in [6.45, 7) is 1.52. The molecule has 2 aliphatic rings. The molecule has 1 aliphatic carbocycles. The minimum absolute atomic E-state index is 0.00983. The Bertz CT molecular complexity index is 940. The van der Waals surface area contributed by atoms with E-state index in [1.54, 1.807) is 25.3 Å². The van der Waals surface area contributed by atoms with E-state index >= 15 is 0 Å². The van der Waals surface area contributed by atoms with Crippen molar-refractivity contribution in [2.75, 3.05) is 40.9 Å². The van der Waals surface area contributed by atoms with Gasteiger partial charge in [-0.25, -0.2) is 4.79 Å². The molecule has 0 spiro atoms. The van der Waals surface area contributed by atoms with Gasteiger partial charge in [0.25, 0.3) is 5.91 Å². The predicted octanol–water partition coefficient (Wildman–Crippen LogP) is 1.99. The second kappa shape index (κ2) is 8.16. The molecule has 0 N–H and O–H groups in total. The summed E-state index contributed by atoms with van der Waals surface area (Å²) in [5.41, 5.74) is 0.0470. The Morgan fingerprint density at radius 3 is 2.62 bits per heavy atom. The van der Waals surface area contributed by atoms with Crippen LogP contribution in [0.5, 0.6) is 5.75 Å². The highest BCUT2D eigenvalue weighted by molar-refractivity contribution is 5.79. The zero-order valence-electron chi connectivity index (χ0n) is 17.2. The lowest BCUT2D eigenvalue weighted by atomic mass is 9.77. The molecule has 2 fully saturated rings. The first kappa shape index (κ1) is 19.9. The molecular weight excluding hydrogens is 372 g/mol. The van der Waals surface area contributed by atoms with Gasteiger partial charge in [0.1, 0.15) is 11.3 Å². The number of hydrogen-bond acceptors (Lipinski definition) is 6. The number of methoxy groups -OCH3 is 1. The first-order valence-electron chi connectivity index (χ1n) is 10.1. The minimum atomic E-state index is -0.407. The van der Waals surface area contributed by atoms with E-state index in [1.807, 2.05) is 11.0 Å². The van der Waals surface area contributed by atoms with Crippen LogP contribution in [0.25, 0.3) is 11.0 Å². The number of likely N-dealkylation sites (N-methyl/N-ethyl adjacent to an activating group) is 1. The van der Waals surface area contributed by atoms with Gasteiger partial charge in [-0.3, -0.25) is 4.79 Å². The first-order valence-corrected chi connectivity index (χ1v) is 10.1. The lowest BCUT2D eigenvalue weighted by Crippen LogP contribution is -2.47. The van der Waals surface area contributed by atoms with Gasteiger partial charge in [-0.15, -0.1) is 0 Å². The fraction of sp³-hybridized carbons (Fsp3) is 0.545.